The summed E-state index contributed by atoms with van der Waals surface area (Å²) in [6.45, 7) is -1.07. The maximum atomic E-state index is 13.5. The van der Waals surface area contributed by atoms with Crippen molar-refractivity contribution >= 4 is 20.0 Å². The topological polar surface area (TPSA) is 170 Å². The minimum atomic E-state index is -4.58. The van der Waals surface area contributed by atoms with Crippen LogP contribution < -0.4 is 0 Å². The van der Waals surface area contributed by atoms with Gasteiger partial charge in [-0.05, 0) is 5.56 Å². The number of benzene rings is 1. The Labute approximate surface area is 183 Å². The molecule has 0 aromatic heterocycles. The zero-order valence-electron chi connectivity index (χ0n) is 16.8. The highest BCUT2D eigenvalue weighted by molar-refractivity contribution is 8.06. The molecule has 0 saturated carbocycles. The number of sulfonamides is 2. The molecule has 31 heavy (non-hydrogen) atoms. The quantitative estimate of drug-likeness (QED) is 0.425. The van der Waals surface area contributed by atoms with Crippen molar-refractivity contribution in [3.8, 4) is 24.3 Å². The van der Waals surface area contributed by atoms with E-state index in [9.17, 15) is 16.8 Å². The van der Waals surface area contributed by atoms with Crippen LogP contribution in [0.25, 0.3) is 0 Å². The van der Waals surface area contributed by atoms with Crippen LogP contribution in [0.15, 0.2) is 30.3 Å². The molecule has 1 aromatic rings. The van der Waals surface area contributed by atoms with Crippen LogP contribution in [0, 0.1) is 45.3 Å². The molecule has 0 aliphatic carbocycles. The molecule has 0 unspecified atom stereocenters. The largest absolute Gasteiger partial charge is 0.237 e. The highest BCUT2D eigenvalue weighted by Gasteiger charge is 2.45. The van der Waals surface area contributed by atoms with Crippen LogP contribution in [-0.4, -0.2) is 51.6 Å². The van der Waals surface area contributed by atoms with Crippen LogP contribution in [0.1, 0.15) is 35.8 Å². The van der Waals surface area contributed by atoms with Gasteiger partial charge in [-0.25, -0.2) is 16.8 Å². The Bertz CT molecular complexity index is 987. The van der Waals surface area contributed by atoms with E-state index in [4.69, 9.17) is 21.0 Å². The Balaban J connectivity index is 3.62. The van der Waals surface area contributed by atoms with Crippen LogP contribution in [-0.2, 0) is 20.0 Å². The van der Waals surface area contributed by atoms with E-state index in [0.29, 0.717) is 0 Å². The van der Waals surface area contributed by atoms with E-state index in [2.05, 4.69) is 0 Å². The lowest BCUT2D eigenvalue weighted by Gasteiger charge is -2.30. The van der Waals surface area contributed by atoms with Crippen molar-refractivity contribution in [3.05, 3.63) is 35.9 Å². The van der Waals surface area contributed by atoms with Crippen LogP contribution >= 0.6 is 0 Å². The summed E-state index contributed by atoms with van der Waals surface area (Å²) in [4.78, 5) is 0. The normalized spacial score (nSPS) is 11.6. The Hall–Kier alpha value is -3.00. The van der Waals surface area contributed by atoms with Gasteiger partial charge < -0.3 is 0 Å². The first-order valence-corrected chi connectivity index (χ1v) is 12.3. The van der Waals surface area contributed by atoms with Crippen LogP contribution in [0.3, 0.4) is 0 Å². The first-order valence-electron chi connectivity index (χ1n) is 9.28. The Morgan fingerprint density at radius 2 is 0.968 bits per heavy atom. The van der Waals surface area contributed by atoms with Gasteiger partial charge in [0.2, 0.25) is 24.6 Å². The Morgan fingerprint density at radius 3 is 1.26 bits per heavy atom. The van der Waals surface area contributed by atoms with Gasteiger partial charge >= 0.3 is 0 Å². The van der Waals surface area contributed by atoms with Crippen molar-refractivity contribution in [2.45, 2.75) is 30.3 Å². The van der Waals surface area contributed by atoms with E-state index in [-0.39, 0.29) is 57.4 Å². The summed E-state index contributed by atoms with van der Waals surface area (Å²) in [5.74, 6) is 0. The third-order valence-corrected chi connectivity index (χ3v) is 9.48. The van der Waals surface area contributed by atoms with Crippen LogP contribution in [0.2, 0.25) is 0 Å². The van der Waals surface area contributed by atoms with Crippen LogP contribution in [0.4, 0.5) is 0 Å². The van der Waals surface area contributed by atoms with Crippen molar-refractivity contribution in [2.75, 3.05) is 26.2 Å². The van der Waals surface area contributed by atoms with E-state index in [1.165, 1.54) is 24.3 Å². The molecule has 0 saturated heterocycles. The molecule has 1 aromatic carbocycles. The van der Waals surface area contributed by atoms with Crippen molar-refractivity contribution in [1.82, 2.24) is 8.61 Å². The standard InChI is InChI=1S/C19H22N6O4S2/c20-10-4-14-24(15-5-11-21)30(26,27)19(18-8-2-1-3-9-18)31(28,29)25(16-6-12-22)17-7-13-23/h1-3,8-9,19H,4-7,14-17H2. The molecule has 0 atom stereocenters. The van der Waals surface area contributed by atoms with E-state index >= 15 is 0 Å². The minimum absolute atomic E-state index is 0.0136. The lowest BCUT2D eigenvalue weighted by atomic mass is 10.2. The van der Waals surface area contributed by atoms with Gasteiger partial charge in [-0.2, -0.15) is 29.7 Å². The minimum Gasteiger partial charge on any atom is -0.210 e. The molecule has 0 aliphatic heterocycles. The fourth-order valence-corrected chi connectivity index (χ4v) is 7.70. The molecule has 0 N–H and O–H groups in total. The third-order valence-electron chi connectivity index (χ3n) is 4.22. The molecule has 0 aliphatic rings. The molecule has 10 nitrogen and oxygen atoms in total. The summed E-state index contributed by atoms with van der Waals surface area (Å²) < 4.78 is 53.7. The average molecular weight is 463 g/mol. The second-order valence-electron chi connectivity index (χ2n) is 6.26. The van der Waals surface area contributed by atoms with Crippen molar-refractivity contribution in [1.29, 1.82) is 21.0 Å². The number of rotatable bonds is 13. The van der Waals surface area contributed by atoms with E-state index in [1.54, 1.807) is 6.07 Å². The monoisotopic (exact) mass is 462 g/mol. The van der Waals surface area contributed by atoms with Gasteiger partial charge in [-0.3, -0.25) is 0 Å². The molecule has 0 spiro atoms. The first-order chi connectivity index (χ1) is 14.8. The number of hydrogen-bond donors (Lipinski definition) is 0. The summed E-state index contributed by atoms with van der Waals surface area (Å²) in [5.41, 5.74) is -0.0136. The Morgan fingerprint density at radius 1 is 0.645 bits per heavy atom. The number of hydrogen-bond acceptors (Lipinski definition) is 8. The second kappa shape index (κ2) is 12.6. The predicted molar refractivity (Wildman–Crippen MR) is 111 cm³/mol. The summed E-state index contributed by atoms with van der Waals surface area (Å²) in [5, 5.41) is 35.5. The molecule has 0 bridgehead atoms. The third kappa shape index (κ3) is 7.03. The van der Waals surface area contributed by atoms with Crippen LogP contribution in [0.5, 0.6) is 0 Å². The number of nitriles is 4. The molecule has 1 rings (SSSR count). The highest BCUT2D eigenvalue weighted by Crippen LogP contribution is 2.34. The maximum absolute atomic E-state index is 13.5. The smallest absolute Gasteiger partial charge is 0.210 e. The van der Waals surface area contributed by atoms with Gasteiger partial charge in [0.05, 0.1) is 24.3 Å². The Kier molecular flexibility index (Phi) is 10.6. The first kappa shape index (κ1) is 26.0. The van der Waals surface area contributed by atoms with Gasteiger partial charge in [0.15, 0.2) is 0 Å². The molecule has 0 radical (unpaired) electrons. The molecule has 12 heteroatoms. The van der Waals surface area contributed by atoms with Crippen molar-refractivity contribution in [2.24, 2.45) is 0 Å². The lowest BCUT2D eigenvalue weighted by Crippen LogP contribution is -2.44. The lowest BCUT2D eigenvalue weighted by molar-refractivity contribution is 0.407. The van der Waals surface area contributed by atoms with Gasteiger partial charge in [0, 0.05) is 51.9 Å². The molecular weight excluding hydrogens is 440 g/mol. The molecular formula is C19H22N6O4S2. The molecule has 0 fully saturated rings. The molecule has 164 valence electrons. The van der Waals surface area contributed by atoms with E-state index in [0.717, 1.165) is 8.61 Å². The molecule has 0 amide bonds. The van der Waals surface area contributed by atoms with Crippen molar-refractivity contribution in [3.63, 3.8) is 0 Å². The van der Waals surface area contributed by atoms with Gasteiger partial charge in [-0.15, -0.1) is 0 Å². The van der Waals surface area contributed by atoms with Gasteiger partial charge in [-0.1, -0.05) is 30.3 Å². The zero-order valence-corrected chi connectivity index (χ0v) is 18.4. The van der Waals surface area contributed by atoms with Gasteiger partial charge in [0.1, 0.15) is 0 Å². The fourth-order valence-electron chi connectivity index (χ4n) is 2.81. The summed E-state index contributed by atoms with van der Waals surface area (Å²) in [7, 11) is -9.16. The summed E-state index contributed by atoms with van der Waals surface area (Å²) in [6, 6.07) is 14.6. The van der Waals surface area contributed by atoms with E-state index in [1.807, 2.05) is 24.3 Å². The second-order valence-corrected chi connectivity index (χ2v) is 10.6. The SMILES string of the molecule is N#CCCN(CCC#N)S(=O)(=O)C(c1ccccc1)S(=O)(=O)N(CCC#N)CCC#N. The van der Waals surface area contributed by atoms with E-state index < -0.39 is 24.6 Å². The maximum Gasteiger partial charge on any atom is 0.237 e. The predicted octanol–water partition coefficient (Wildman–Crippen LogP) is 1.60. The average Bonchev–Trinajstić information content (AvgIpc) is 2.74. The zero-order chi connectivity index (χ0) is 23.3. The highest BCUT2D eigenvalue weighted by atomic mass is 32.3. The fraction of sp³-hybridized carbons (Fsp3) is 0.474. The summed E-state index contributed by atoms with van der Waals surface area (Å²) in [6.07, 6.45) is -0.727. The summed E-state index contributed by atoms with van der Waals surface area (Å²) >= 11 is 0. The number of nitrogens with zero attached hydrogens (tertiary/aromatic N) is 6. The van der Waals surface area contributed by atoms with Gasteiger partial charge in [0.25, 0.3) is 0 Å². The van der Waals surface area contributed by atoms with Crippen molar-refractivity contribution < 1.29 is 16.8 Å². The molecule has 0 heterocycles.